The van der Waals surface area contributed by atoms with Gasteiger partial charge in [-0.05, 0) is 46.3 Å². The molecule has 2 aromatic carbocycles. The number of amides is 1. The summed E-state index contributed by atoms with van der Waals surface area (Å²) < 4.78 is 12.4. The summed E-state index contributed by atoms with van der Waals surface area (Å²) in [6.07, 6.45) is 0. The molecular formula is C19H15BrN2O5S. The highest BCUT2D eigenvalue weighted by atomic mass is 79.9. The number of benzene rings is 2. The Labute approximate surface area is 172 Å². The fourth-order valence-electron chi connectivity index (χ4n) is 2.53. The molecule has 0 saturated heterocycles. The van der Waals surface area contributed by atoms with Gasteiger partial charge in [0.2, 0.25) is 0 Å². The van der Waals surface area contributed by atoms with E-state index in [4.69, 9.17) is 9.47 Å². The van der Waals surface area contributed by atoms with Gasteiger partial charge in [0.15, 0.2) is 4.80 Å². The summed E-state index contributed by atoms with van der Waals surface area (Å²) >= 11 is 4.53. The minimum absolute atomic E-state index is 0.115. The molecule has 0 spiro atoms. The largest absolute Gasteiger partial charge is 0.468 e. The van der Waals surface area contributed by atoms with Crippen LogP contribution < -0.4 is 4.80 Å². The number of carbonyl (C=O) groups is 3. The zero-order chi connectivity index (χ0) is 20.3. The molecule has 144 valence electrons. The van der Waals surface area contributed by atoms with Gasteiger partial charge in [0, 0.05) is 4.47 Å². The van der Waals surface area contributed by atoms with Crippen molar-refractivity contribution >= 4 is 55.3 Å². The maximum absolute atomic E-state index is 12.6. The Morgan fingerprint density at radius 2 is 1.86 bits per heavy atom. The number of halogens is 1. The van der Waals surface area contributed by atoms with E-state index in [2.05, 4.69) is 20.9 Å². The first kappa shape index (κ1) is 20.0. The van der Waals surface area contributed by atoms with E-state index in [0.717, 1.165) is 0 Å². The fraction of sp³-hybridized carbons (Fsp3) is 0.158. The predicted octanol–water partition coefficient (Wildman–Crippen LogP) is 3.17. The molecule has 0 radical (unpaired) electrons. The summed E-state index contributed by atoms with van der Waals surface area (Å²) in [5, 5.41) is 0. The number of aromatic nitrogens is 1. The van der Waals surface area contributed by atoms with Gasteiger partial charge in [-0.1, -0.05) is 23.5 Å². The summed E-state index contributed by atoms with van der Waals surface area (Å²) in [6, 6.07) is 11.9. The van der Waals surface area contributed by atoms with Crippen LogP contribution in [0.5, 0.6) is 0 Å². The van der Waals surface area contributed by atoms with Gasteiger partial charge in [0.25, 0.3) is 5.91 Å². The number of thiazole rings is 1. The number of ether oxygens (including phenoxy) is 2. The van der Waals surface area contributed by atoms with Gasteiger partial charge >= 0.3 is 11.9 Å². The van der Waals surface area contributed by atoms with Crippen LogP contribution >= 0.6 is 27.3 Å². The highest BCUT2D eigenvalue weighted by Gasteiger charge is 2.15. The monoisotopic (exact) mass is 462 g/mol. The van der Waals surface area contributed by atoms with Gasteiger partial charge in [-0.15, -0.1) is 0 Å². The Morgan fingerprint density at radius 3 is 2.54 bits per heavy atom. The number of rotatable bonds is 4. The van der Waals surface area contributed by atoms with E-state index in [1.165, 1.54) is 25.6 Å². The number of hydrogen-bond acceptors (Lipinski definition) is 6. The van der Waals surface area contributed by atoms with Gasteiger partial charge in [0.1, 0.15) is 6.54 Å². The molecule has 3 rings (SSSR count). The van der Waals surface area contributed by atoms with Crippen molar-refractivity contribution in [2.45, 2.75) is 6.54 Å². The van der Waals surface area contributed by atoms with E-state index in [9.17, 15) is 14.4 Å². The molecule has 0 unspecified atom stereocenters. The Kier molecular flexibility index (Phi) is 6.05. The maximum Gasteiger partial charge on any atom is 0.337 e. The van der Waals surface area contributed by atoms with Crippen molar-refractivity contribution in [3.63, 3.8) is 0 Å². The maximum atomic E-state index is 12.6. The van der Waals surface area contributed by atoms with Gasteiger partial charge in [-0.25, -0.2) is 4.79 Å². The van der Waals surface area contributed by atoms with E-state index >= 15 is 0 Å². The molecule has 0 aliphatic carbocycles. The zero-order valence-corrected chi connectivity index (χ0v) is 17.4. The molecule has 0 saturated carbocycles. The smallest absolute Gasteiger partial charge is 0.337 e. The lowest BCUT2D eigenvalue weighted by Crippen LogP contribution is -2.22. The molecule has 7 nitrogen and oxygen atoms in total. The summed E-state index contributed by atoms with van der Waals surface area (Å²) in [7, 11) is 2.59. The van der Waals surface area contributed by atoms with Crippen LogP contribution in [0.25, 0.3) is 10.2 Å². The first-order chi connectivity index (χ1) is 13.4. The van der Waals surface area contributed by atoms with Gasteiger partial charge in [0.05, 0.1) is 35.6 Å². The fourth-order valence-corrected chi connectivity index (χ4v) is 4.05. The second-order valence-electron chi connectivity index (χ2n) is 5.62. The van der Waals surface area contributed by atoms with Crippen LogP contribution in [0.2, 0.25) is 0 Å². The normalized spacial score (nSPS) is 11.5. The molecule has 3 aromatic rings. The minimum Gasteiger partial charge on any atom is -0.468 e. The van der Waals surface area contributed by atoms with Crippen LogP contribution in [-0.2, 0) is 20.8 Å². The van der Waals surface area contributed by atoms with E-state index in [1.54, 1.807) is 47.0 Å². The predicted molar refractivity (Wildman–Crippen MR) is 107 cm³/mol. The van der Waals surface area contributed by atoms with Crippen LogP contribution in [0.15, 0.2) is 51.9 Å². The SMILES string of the molecule is COC(=O)Cn1c(=NC(=O)c2ccccc2Br)sc2cc(C(=O)OC)ccc21. The third kappa shape index (κ3) is 4.05. The van der Waals surface area contributed by atoms with Gasteiger partial charge in [-0.2, -0.15) is 4.99 Å². The van der Waals surface area contributed by atoms with Crippen LogP contribution in [-0.4, -0.2) is 36.6 Å². The first-order valence-electron chi connectivity index (χ1n) is 8.06. The summed E-state index contributed by atoms with van der Waals surface area (Å²) in [4.78, 5) is 40.8. The molecular weight excluding hydrogens is 448 g/mol. The van der Waals surface area contributed by atoms with Crippen molar-refractivity contribution in [2.24, 2.45) is 4.99 Å². The molecule has 0 aliphatic heterocycles. The first-order valence-corrected chi connectivity index (χ1v) is 9.67. The Hall–Kier alpha value is -2.78. The number of fused-ring (bicyclic) bond motifs is 1. The second kappa shape index (κ2) is 8.49. The quantitative estimate of drug-likeness (QED) is 0.555. The number of carbonyl (C=O) groups excluding carboxylic acids is 3. The molecule has 0 fully saturated rings. The topological polar surface area (TPSA) is 87.0 Å². The molecule has 0 aliphatic rings. The molecule has 1 aromatic heterocycles. The third-order valence-electron chi connectivity index (χ3n) is 3.92. The molecule has 9 heteroatoms. The summed E-state index contributed by atoms with van der Waals surface area (Å²) in [5.74, 6) is -1.41. The van der Waals surface area contributed by atoms with E-state index in [0.29, 0.717) is 30.6 Å². The third-order valence-corrected chi connectivity index (χ3v) is 5.65. The Balaban J connectivity index is 2.17. The van der Waals surface area contributed by atoms with Crippen molar-refractivity contribution < 1.29 is 23.9 Å². The van der Waals surface area contributed by atoms with Crippen LogP contribution in [0.3, 0.4) is 0 Å². The summed E-state index contributed by atoms with van der Waals surface area (Å²) in [6.45, 7) is -0.115. The zero-order valence-electron chi connectivity index (χ0n) is 15.0. The van der Waals surface area contributed by atoms with E-state index < -0.39 is 17.8 Å². The number of hydrogen-bond donors (Lipinski definition) is 0. The van der Waals surface area contributed by atoms with E-state index in [-0.39, 0.29) is 6.54 Å². The molecule has 0 bridgehead atoms. The summed E-state index contributed by atoms with van der Waals surface area (Å²) in [5.41, 5.74) is 1.42. The van der Waals surface area contributed by atoms with Crippen molar-refractivity contribution in [2.75, 3.05) is 14.2 Å². The lowest BCUT2D eigenvalue weighted by atomic mass is 10.2. The van der Waals surface area contributed by atoms with Crippen LogP contribution in [0.1, 0.15) is 20.7 Å². The van der Waals surface area contributed by atoms with Crippen LogP contribution in [0.4, 0.5) is 0 Å². The lowest BCUT2D eigenvalue weighted by Gasteiger charge is -2.04. The molecule has 0 atom stereocenters. The van der Waals surface area contributed by atoms with Crippen molar-refractivity contribution in [1.29, 1.82) is 0 Å². The van der Waals surface area contributed by atoms with Gasteiger partial charge < -0.3 is 14.0 Å². The van der Waals surface area contributed by atoms with E-state index in [1.807, 2.05) is 0 Å². The minimum atomic E-state index is -0.480. The average molecular weight is 463 g/mol. The molecule has 0 N–H and O–H groups in total. The molecule has 1 amide bonds. The van der Waals surface area contributed by atoms with Crippen molar-refractivity contribution in [1.82, 2.24) is 4.57 Å². The Bertz CT molecular complexity index is 1150. The number of methoxy groups -OCH3 is 2. The average Bonchev–Trinajstić information content (AvgIpc) is 3.03. The Morgan fingerprint density at radius 1 is 1.11 bits per heavy atom. The van der Waals surface area contributed by atoms with Crippen LogP contribution in [0, 0.1) is 0 Å². The second-order valence-corrected chi connectivity index (χ2v) is 7.48. The number of esters is 2. The number of nitrogens with zero attached hydrogens (tertiary/aromatic N) is 2. The van der Waals surface area contributed by atoms with Gasteiger partial charge in [-0.3, -0.25) is 9.59 Å². The standard InChI is InChI=1S/C19H15BrN2O5S/c1-26-16(23)10-22-14-8-7-11(18(25)27-2)9-15(14)28-19(22)21-17(24)12-5-3-4-6-13(12)20/h3-9H,10H2,1-2H3. The highest BCUT2D eigenvalue weighted by molar-refractivity contribution is 9.10. The van der Waals surface area contributed by atoms with Crippen molar-refractivity contribution in [3.8, 4) is 0 Å². The molecule has 28 heavy (non-hydrogen) atoms. The highest BCUT2D eigenvalue weighted by Crippen LogP contribution is 2.21. The van der Waals surface area contributed by atoms with Crippen molar-refractivity contribution in [3.05, 3.63) is 62.9 Å². The lowest BCUT2D eigenvalue weighted by molar-refractivity contribution is -0.141. The molecule has 1 heterocycles.